The van der Waals surface area contributed by atoms with Crippen LogP contribution in [0.15, 0.2) is 35.8 Å². The Kier molecular flexibility index (Phi) is 5.91. The first kappa shape index (κ1) is 16.4. The van der Waals surface area contributed by atoms with Gasteiger partial charge in [0.1, 0.15) is 5.82 Å². The van der Waals surface area contributed by atoms with Crippen LogP contribution >= 0.6 is 23.1 Å². The summed E-state index contributed by atoms with van der Waals surface area (Å²) in [5.74, 6) is -0.677. The van der Waals surface area contributed by atoms with Gasteiger partial charge < -0.3 is 10.6 Å². The van der Waals surface area contributed by atoms with Crippen LogP contribution < -0.4 is 10.6 Å². The first-order chi connectivity index (χ1) is 10.5. The minimum absolute atomic E-state index is 0.129. The predicted molar refractivity (Wildman–Crippen MR) is 87.7 cm³/mol. The second-order valence-electron chi connectivity index (χ2n) is 4.33. The summed E-state index contributed by atoms with van der Waals surface area (Å²) in [6.45, 7) is 1.72. The van der Waals surface area contributed by atoms with E-state index in [2.05, 4.69) is 15.6 Å². The largest absolute Gasteiger partial charge is 0.325 e. The van der Waals surface area contributed by atoms with Crippen molar-refractivity contribution < 1.29 is 14.0 Å². The average molecular weight is 339 g/mol. The molecule has 0 saturated carbocycles. The van der Waals surface area contributed by atoms with E-state index in [0.29, 0.717) is 10.8 Å². The van der Waals surface area contributed by atoms with Crippen molar-refractivity contribution in [2.24, 2.45) is 0 Å². The van der Waals surface area contributed by atoms with Crippen molar-refractivity contribution in [1.29, 1.82) is 0 Å². The fraction of sp³-hybridized carbons (Fsp3) is 0.214. The molecule has 1 unspecified atom stereocenters. The van der Waals surface area contributed by atoms with Gasteiger partial charge in [0.25, 0.3) is 0 Å². The molecule has 2 amide bonds. The number of carbonyl (C=O) groups is 2. The Balaban J connectivity index is 1.75. The molecule has 0 saturated heterocycles. The van der Waals surface area contributed by atoms with Gasteiger partial charge in [-0.05, 0) is 31.2 Å². The smallest absolute Gasteiger partial charge is 0.239 e. The van der Waals surface area contributed by atoms with Gasteiger partial charge in [-0.1, -0.05) is 0 Å². The van der Waals surface area contributed by atoms with Gasteiger partial charge in [0, 0.05) is 17.3 Å². The summed E-state index contributed by atoms with van der Waals surface area (Å²) in [6, 6.07) is 5.51. The first-order valence-electron chi connectivity index (χ1n) is 6.42. The van der Waals surface area contributed by atoms with Gasteiger partial charge in [-0.15, -0.1) is 23.1 Å². The number of nitrogens with zero attached hydrogens (tertiary/aromatic N) is 1. The monoisotopic (exact) mass is 339 g/mol. The minimum Gasteiger partial charge on any atom is -0.325 e. The van der Waals surface area contributed by atoms with Crippen LogP contribution in [0.1, 0.15) is 6.92 Å². The fourth-order valence-electron chi connectivity index (χ4n) is 1.50. The molecule has 0 aliphatic rings. The zero-order chi connectivity index (χ0) is 15.9. The quantitative estimate of drug-likeness (QED) is 0.849. The molecular weight excluding hydrogens is 325 g/mol. The van der Waals surface area contributed by atoms with E-state index in [9.17, 15) is 14.0 Å². The summed E-state index contributed by atoms with van der Waals surface area (Å²) in [7, 11) is 0. The van der Waals surface area contributed by atoms with E-state index >= 15 is 0 Å². The highest BCUT2D eigenvalue weighted by Crippen LogP contribution is 2.16. The van der Waals surface area contributed by atoms with E-state index in [-0.39, 0.29) is 28.6 Å². The number of halogens is 1. The van der Waals surface area contributed by atoms with E-state index in [0.717, 1.165) is 0 Å². The van der Waals surface area contributed by atoms with Crippen molar-refractivity contribution in [1.82, 2.24) is 4.98 Å². The lowest BCUT2D eigenvalue weighted by Gasteiger charge is -2.10. The number of benzene rings is 1. The zero-order valence-electron chi connectivity index (χ0n) is 11.7. The van der Waals surface area contributed by atoms with Crippen LogP contribution in [0.4, 0.5) is 15.2 Å². The second kappa shape index (κ2) is 7.90. The van der Waals surface area contributed by atoms with Crippen LogP contribution in [0.2, 0.25) is 0 Å². The maximum atomic E-state index is 12.8. The average Bonchev–Trinajstić information content (AvgIpc) is 3.00. The molecule has 1 atom stereocenters. The molecule has 1 aromatic heterocycles. The molecule has 2 N–H and O–H groups in total. The van der Waals surface area contributed by atoms with Gasteiger partial charge in [-0.3, -0.25) is 9.59 Å². The lowest BCUT2D eigenvalue weighted by Crippen LogP contribution is -2.24. The van der Waals surface area contributed by atoms with Crippen LogP contribution in [-0.2, 0) is 9.59 Å². The Morgan fingerprint density at radius 1 is 1.32 bits per heavy atom. The maximum absolute atomic E-state index is 12.8. The van der Waals surface area contributed by atoms with Crippen LogP contribution in [0.5, 0.6) is 0 Å². The lowest BCUT2D eigenvalue weighted by molar-refractivity contribution is -0.115. The van der Waals surface area contributed by atoms with Crippen molar-refractivity contribution in [3.63, 3.8) is 0 Å². The molecular formula is C14H14FN3O2S2. The molecule has 0 bridgehead atoms. The molecule has 5 nitrogen and oxygen atoms in total. The summed E-state index contributed by atoms with van der Waals surface area (Å²) in [5.41, 5.74) is 0.520. The Labute approximate surface area is 135 Å². The Bertz CT molecular complexity index is 632. The summed E-state index contributed by atoms with van der Waals surface area (Å²) in [6.07, 6.45) is 1.61. The Morgan fingerprint density at radius 3 is 2.68 bits per heavy atom. The number of hydrogen-bond acceptors (Lipinski definition) is 5. The third-order valence-corrected chi connectivity index (χ3v) is 4.46. The van der Waals surface area contributed by atoms with E-state index in [1.165, 1.54) is 47.4 Å². The van der Waals surface area contributed by atoms with Crippen LogP contribution in [0, 0.1) is 5.82 Å². The normalized spacial score (nSPS) is 11.7. The molecule has 0 spiro atoms. The maximum Gasteiger partial charge on any atom is 0.239 e. The lowest BCUT2D eigenvalue weighted by atomic mass is 10.3. The SMILES string of the molecule is CC(SCC(=O)Nc1ccc(F)cc1)C(=O)Nc1nccs1. The molecule has 0 aliphatic carbocycles. The molecule has 8 heteroatoms. The number of amides is 2. The van der Waals surface area contributed by atoms with Gasteiger partial charge in [-0.2, -0.15) is 0 Å². The molecule has 1 heterocycles. The third-order valence-electron chi connectivity index (χ3n) is 2.62. The van der Waals surface area contributed by atoms with Gasteiger partial charge in [0.2, 0.25) is 11.8 Å². The van der Waals surface area contributed by atoms with Crippen LogP contribution in [0.25, 0.3) is 0 Å². The number of anilines is 2. The minimum atomic E-state index is -0.386. The van der Waals surface area contributed by atoms with E-state index in [1.54, 1.807) is 18.5 Å². The predicted octanol–water partition coefficient (Wildman–Crippen LogP) is 2.98. The molecule has 116 valence electrons. The number of hydrogen-bond donors (Lipinski definition) is 2. The van der Waals surface area contributed by atoms with Crippen molar-refractivity contribution in [2.75, 3.05) is 16.4 Å². The van der Waals surface area contributed by atoms with Crippen molar-refractivity contribution in [3.8, 4) is 0 Å². The Morgan fingerprint density at radius 2 is 2.05 bits per heavy atom. The van der Waals surface area contributed by atoms with Crippen molar-refractivity contribution in [2.45, 2.75) is 12.2 Å². The summed E-state index contributed by atoms with van der Waals surface area (Å²) >= 11 is 2.55. The number of carbonyl (C=O) groups excluding carboxylic acids is 2. The number of thiazole rings is 1. The highest BCUT2D eigenvalue weighted by atomic mass is 32.2. The topological polar surface area (TPSA) is 71.1 Å². The van der Waals surface area contributed by atoms with Gasteiger partial charge in [0.05, 0.1) is 11.0 Å². The molecule has 2 rings (SSSR count). The standard InChI is InChI=1S/C14H14FN3O2S2/c1-9(13(20)18-14-16-6-7-21-14)22-8-12(19)17-11-4-2-10(15)3-5-11/h2-7,9H,8H2,1H3,(H,17,19)(H,16,18,20). The fourth-order valence-corrected chi connectivity index (χ4v) is 2.71. The van der Waals surface area contributed by atoms with E-state index in [1.807, 2.05) is 0 Å². The van der Waals surface area contributed by atoms with Crippen LogP contribution in [0.3, 0.4) is 0 Å². The number of thioether (sulfide) groups is 1. The van der Waals surface area contributed by atoms with Crippen molar-refractivity contribution in [3.05, 3.63) is 41.7 Å². The molecule has 1 aromatic carbocycles. The highest BCUT2D eigenvalue weighted by Gasteiger charge is 2.16. The van der Waals surface area contributed by atoms with Crippen LogP contribution in [-0.4, -0.2) is 27.8 Å². The Hall–Kier alpha value is -1.93. The highest BCUT2D eigenvalue weighted by molar-refractivity contribution is 8.01. The molecule has 0 aliphatic heterocycles. The van der Waals surface area contributed by atoms with Gasteiger partial charge in [0.15, 0.2) is 5.13 Å². The van der Waals surface area contributed by atoms with Crippen molar-refractivity contribution >= 4 is 45.7 Å². The number of aromatic nitrogens is 1. The molecule has 2 aromatic rings. The van der Waals surface area contributed by atoms with E-state index < -0.39 is 0 Å². The molecule has 0 radical (unpaired) electrons. The van der Waals surface area contributed by atoms with Gasteiger partial charge in [-0.25, -0.2) is 9.37 Å². The summed E-state index contributed by atoms with van der Waals surface area (Å²) in [5, 5.41) is 7.23. The first-order valence-corrected chi connectivity index (χ1v) is 8.35. The molecule has 22 heavy (non-hydrogen) atoms. The zero-order valence-corrected chi connectivity index (χ0v) is 13.3. The van der Waals surface area contributed by atoms with E-state index in [4.69, 9.17) is 0 Å². The molecule has 0 fully saturated rings. The summed E-state index contributed by atoms with van der Waals surface area (Å²) < 4.78 is 12.8. The third kappa shape index (κ3) is 5.12. The number of rotatable bonds is 6. The number of nitrogens with one attached hydrogen (secondary N) is 2. The van der Waals surface area contributed by atoms with Gasteiger partial charge >= 0.3 is 0 Å². The summed E-state index contributed by atoms with van der Waals surface area (Å²) in [4.78, 5) is 27.6. The second-order valence-corrected chi connectivity index (χ2v) is 6.56.